The Morgan fingerprint density at radius 3 is 2.50 bits per heavy atom. The van der Waals surface area contributed by atoms with Crippen LogP contribution in [-0.4, -0.2) is 45.6 Å². The van der Waals surface area contributed by atoms with Crippen LogP contribution in [-0.2, 0) is 19.6 Å². The van der Waals surface area contributed by atoms with Crippen molar-refractivity contribution in [1.82, 2.24) is 19.4 Å². The van der Waals surface area contributed by atoms with Gasteiger partial charge in [-0.2, -0.15) is 5.26 Å². The highest BCUT2D eigenvalue weighted by molar-refractivity contribution is 9.10. The van der Waals surface area contributed by atoms with E-state index in [9.17, 15) is 19.6 Å². The molecule has 1 aliphatic heterocycles. The fourth-order valence-electron chi connectivity index (χ4n) is 5.08. The van der Waals surface area contributed by atoms with E-state index < -0.39 is 11.6 Å². The molecule has 12 heteroatoms. The number of fused-ring (bicyclic) bond motifs is 1. The number of carbonyl (C=O) groups excluding carboxylic acids is 2. The summed E-state index contributed by atoms with van der Waals surface area (Å²) in [5, 5.41) is 12.5. The van der Waals surface area contributed by atoms with Crippen LogP contribution >= 0.6 is 27.5 Å². The molecular weight excluding hydrogens is 650 g/mol. The van der Waals surface area contributed by atoms with Crippen molar-refractivity contribution < 1.29 is 19.1 Å². The second-order valence-corrected chi connectivity index (χ2v) is 11.7. The van der Waals surface area contributed by atoms with Gasteiger partial charge < -0.3 is 19.7 Å². The second-order valence-electron chi connectivity index (χ2n) is 10.4. The summed E-state index contributed by atoms with van der Waals surface area (Å²) in [7, 11) is 1.49. The Kier molecular flexibility index (Phi) is 9.13. The molecule has 0 bridgehead atoms. The Balaban J connectivity index is 1.53. The molecule has 0 radical (unpaired) electrons. The molecule has 2 heterocycles. The van der Waals surface area contributed by atoms with E-state index >= 15 is 0 Å². The molecule has 4 aromatic rings. The van der Waals surface area contributed by atoms with E-state index in [4.69, 9.17) is 21.1 Å². The number of halogens is 2. The first-order valence-electron chi connectivity index (χ1n) is 13.8. The number of nitrogens with one attached hydrogen (secondary N) is 1. The summed E-state index contributed by atoms with van der Waals surface area (Å²) in [6.45, 7) is 4.42. The molecule has 0 atom stereocenters. The number of ether oxygens (including phenoxy) is 2. The summed E-state index contributed by atoms with van der Waals surface area (Å²) in [5.41, 5.74) is 2.09. The fourth-order valence-corrected chi connectivity index (χ4v) is 5.51. The van der Waals surface area contributed by atoms with Gasteiger partial charge in [0, 0.05) is 35.2 Å². The van der Waals surface area contributed by atoms with Gasteiger partial charge in [-0.15, -0.1) is 0 Å². The number of carbonyl (C=O) groups is 2. The lowest BCUT2D eigenvalue weighted by molar-refractivity contribution is 0.0706. The van der Waals surface area contributed by atoms with Gasteiger partial charge >= 0.3 is 5.69 Å². The summed E-state index contributed by atoms with van der Waals surface area (Å²) in [6.07, 6.45) is -0.0324. The lowest BCUT2D eigenvalue weighted by Crippen LogP contribution is -2.41. The molecular formula is C32H29BrClN5O5. The van der Waals surface area contributed by atoms with Gasteiger partial charge in [0.15, 0.2) is 0 Å². The molecule has 1 N–H and O–H groups in total. The maximum absolute atomic E-state index is 13.9. The molecule has 0 fully saturated rings. The number of nitriles is 1. The van der Waals surface area contributed by atoms with Crippen molar-refractivity contribution in [2.24, 2.45) is 0 Å². The Morgan fingerprint density at radius 1 is 1.09 bits per heavy atom. The molecule has 3 aromatic carbocycles. The first kappa shape index (κ1) is 30.9. The van der Waals surface area contributed by atoms with Gasteiger partial charge in [-0.05, 0) is 84.4 Å². The standard InChI is InChI=1S/C32H29BrClN5O5/c1-19(2)44-24-9-7-23(8-10-24)39-29(30(40)36-17-22-5-4-20(16-35)14-28(22)43-3)27-18-37(12-13-38(27)32(39)42)31(41)21-6-11-25(33)26(34)15-21/h4-11,14-15,19H,12-13,17-18H2,1-3H3,(H,36,40). The van der Waals surface area contributed by atoms with Crippen LogP contribution in [0.1, 0.15) is 51.5 Å². The molecule has 5 rings (SSSR count). The second kappa shape index (κ2) is 13.0. The minimum absolute atomic E-state index is 0.0324. The first-order chi connectivity index (χ1) is 21.1. The highest BCUT2D eigenvalue weighted by Crippen LogP contribution is 2.27. The van der Waals surface area contributed by atoms with Gasteiger partial charge in [-0.3, -0.25) is 18.7 Å². The summed E-state index contributed by atoms with van der Waals surface area (Å²) >= 11 is 9.59. The van der Waals surface area contributed by atoms with Gasteiger partial charge in [0.05, 0.1) is 47.8 Å². The van der Waals surface area contributed by atoms with Crippen LogP contribution in [0.5, 0.6) is 11.5 Å². The van der Waals surface area contributed by atoms with E-state index in [2.05, 4.69) is 27.3 Å². The van der Waals surface area contributed by atoms with Crippen LogP contribution in [0, 0.1) is 11.3 Å². The van der Waals surface area contributed by atoms with Crippen LogP contribution in [0.3, 0.4) is 0 Å². The number of rotatable bonds is 8. The van der Waals surface area contributed by atoms with Crippen LogP contribution in [0.15, 0.2) is 69.9 Å². The summed E-state index contributed by atoms with van der Waals surface area (Å²) in [5.74, 6) is 0.302. The molecule has 10 nitrogen and oxygen atoms in total. The van der Waals surface area contributed by atoms with Crippen molar-refractivity contribution in [3.63, 3.8) is 0 Å². The Bertz CT molecular complexity index is 1840. The molecule has 0 unspecified atom stereocenters. The molecule has 0 saturated heterocycles. The van der Waals surface area contributed by atoms with Gasteiger partial charge in [0.1, 0.15) is 17.2 Å². The van der Waals surface area contributed by atoms with E-state index in [0.717, 1.165) is 0 Å². The van der Waals surface area contributed by atoms with E-state index in [0.29, 0.717) is 49.1 Å². The van der Waals surface area contributed by atoms with Gasteiger partial charge in [-0.1, -0.05) is 17.7 Å². The molecule has 0 saturated carbocycles. The van der Waals surface area contributed by atoms with Crippen molar-refractivity contribution >= 4 is 39.3 Å². The van der Waals surface area contributed by atoms with Crippen LogP contribution in [0.25, 0.3) is 5.69 Å². The zero-order chi connectivity index (χ0) is 31.5. The van der Waals surface area contributed by atoms with Crippen LogP contribution < -0.4 is 20.5 Å². The normalized spacial score (nSPS) is 12.4. The van der Waals surface area contributed by atoms with E-state index in [-0.39, 0.29) is 43.9 Å². The largest absolute Gasteiger partial charge is 0.496 e. The first-order valence-corrected chi connectivity index (χ1v) is 15.0. The third-order valence-electron chi connectivity index (χ3n) is 7.17. The molecule has 2 amide bonds. The predicted octanol–water partition coefficient (Wildman–Crippen LogP) is 5.31. The number of hydrogen-bond acceptors (Lipinski definition) is 6. The van der Waals surface area contributed by atoms with Gasteiger partial charge in [0.2, 0.25) is 0 Å². The monoisotopic (exact) mass is 677 g/mol. The third-order valence-corrected chi connectivity index (χ3v) is 8.40. The van der Waals surface area contributed by atoms with Crippen molar-refractivity contribution in [3.05, 3.63) is 109 Å². The molecule has 0 spiro atoms. The van der Waals surface area contributed by atoms with Crippen LogP contribution in [0.2, 0.25) is 5.02 Å². The van der Waals surface area contributed by atoms with E-state index in [1.54, 1.807) is 65.6 Å². The maximum atomic E-state index is 13.9. The Hall–Kier alpha value is -4.53. The molecule has 1 aromatic heterocycles. The van der Waals surface area contributed by atoms with Crippen molar-refractivity contribution in [3.8, 4) is 23.3 Å². The summed E-state index contributed by atoms with van der Waals surface area (Å²) in [4.78, 5) is 42.8. The topological polar surface area (TPSA) is 119 Å². The van der Waals surface area contributed by atoms with Gasteiger partial charge in [0.25, 0.3) is 11.8 Å². The van der Waals surface area contributed by atoms with E-state index in [1.807, 2.05) is 13.8 Å². The molecule has 44 heavy (non-hydrogen) atoms. The number of aromatic nitrogens is 2. The zero-order valence-corrected chi connectivity index (χ0v) is 26.6. The lowest BCUT2D eigenvalue weighted by Gasteiger charge is -2.28. The number of nitrogens with zero attached hydrogens (tertiary/aromatic N) is 4. The lowest BCUT2D eigenvalue weighted by atomic mass is 10.1. The Morgan fingerprint density at radius 2 is 1.84 bits per heavy atom. The smallest absolute Gasteiger partial charge is 0.333 e. The third kappa shape index (κ3) is 6.23. The summed E-state index contributed by atoms with van der Waals surface area (Å²) in [6, 6.07) is 18.9. The fraction of sp³-hybridized carbons (Fsp3) is 0.250. The van der Waals surface area contributed by atoms with Crippen molar-refractivity contribution in [2.45, 2.75) is 39.6 Å². The zero-order valence-electron chi connectivity index (χ0n) is 24.3. The quantitative estimate of drug-likeness (QED) is 0.270. The molecule has 226 valence electrons. The number of imidazole rings is 1. The van der Waals surface area contributed by atoms with Crippen molar-refractivity contribution in [1.29, 1.82) is 5.26 Å². The molecule has 0 aliphatic carbocycles. The van der Waals surface area contributed by atoms with Crippen molar-refractivity contribution in [2.75, 3.05) is 13.7 Å². The number of hydrogen-bond donors (Lipinski definition) is 1. The average Bonchev–Trinajstić information content (AvgIpc) is 3.32. The highest BCUT2D eigenvalue weighted by Gasteiger charge is 2.32. The maximum Gasteiger partial charge on any atom is 0.333 e. The minimum atomic E-state index is -0.509. The number of amides is 2. The highest BCUT2D eigenvalue weighted by atomic mass is 79.9. The number of benzene rings is 3. The van der Waals surface area contributed by atoms with Gasteiger partial charge in [-0.25, -0.2) is 4.79 Å². The minimum Gasteiger partial charge on any atom is -0.496 e. The summed E-state index contributed by atoms with van der Waals surface area (Å²) < 4.78 is 14.7. The Labute approximate surface area is 267 Å². The average molecular weight is 679 g/mol. The predicted molar refractivity (Wildman–Crippen MR) is 169 cm³/mol. The SMILES string of the molecule is COc1cc(C#N)ccc1CNC(=O)c1c2n(c(=O)n1-c1ccc(OC(C)C)cc1)CCN(C(=O)c1ccc(Br)c(Cl)c1)C2. The van der Waals surface area contributed by atoms with Crippen LogP contribution in [0.4, 0.5) is 0 Å². The van der Waals surface area contributed by atoms with E-state index in [1.165, 1.54) is 16.2 Å². The molecule has 1 aliphatic rings. The number of methoxy groups -OCH3 is 1.